The summed E-state index contributed by atoms with van der Waals surface area (Å²) in [6, 6.07) is 7.08. The van der Waals surface area contributed by atoms with Gasteiger partial charge in [-0.2, -0.15) is 0 Å². The van der Waals surface area contributed by atoms with Crippen LogP contribution in [0.2, 0.25) is 0 Å². The lowest BCUT2D eigenvalue weighted by Crippen LogP contribution is -2.68. The van der Waals surface area contributed by atoms with Crippen molar-refractivity contribution in [3.8, 4) is 0 Å². The fraction of sp³-hybridized carbons (Fsp3) is 0.950. The van der Waals surface area contributed by atoms with E-state index in [0.717, 1.165) is 0 Å². The van der Waals surface area contributed by atoms with Crippen LogP contribution in [0.25, 0.3) is 0 Å². The summed E-state index contributed by atoms with van der Waals surface area (Å²) in [5, 5.41) is 25.2. The second-order valence-electron chi connectivity index (χ2n) is 17.9. The van der Waals surface area contributed by atoms with Crippen molar-refractivity contribution in [1.29, 1.82) is 0 Å². The Morgan fingerprint density at radius 1 is 0.457 bits per heavy atom. The van der Waals surface area contributed by atoms with Gasteiger partial charge in [0.05, 0.1) is 0 Å². The van der Waals surface area contributed by atoms with Gasteiger partial charge in [0, 0.05) is 83.3 Å². The monoisotopic (exact) mass is 639 g/mol. The maximum absolute atomic E-state index is 4.37. The molecular weight excluding hydrogens is 564 g/mol. The maximum atomic E-state index is 4.37. The Kier molecular flexibility index (Phi) is 12.0. The summed E-state index contributed by atoms with van der Waals surface area (Å²) in [4.78, 5) is 0. The summed E-state index contributed by atoms with van der Waals surface area (Å²) in [5.41, 5.74) is 0.415. The first kappa shape index (κ1) is 35.3. The third-order valence-electron chi connectivity index (χ3n) is 14.4. The first-order valence-corrected chi connectivity index (χ1v) is 20.4. The lowest BCUT2D eigenvalue weighted by molar-refractivity contribution is 0.0256. The molecule has 0 aromatic carbocycles. The van der Waals surface area contributed by atoms with Gasteiger partial charge in [-0.05, 0) is 111 Å². The van der Waals surface area contributed by atoms with Crippen molar-refractivity contribution in [2.24, 2.45) is 10.8 Å². The molecule has 0 amide bonds. The van der Waals surface area contributed by atoms with Crippen LogP contribution >= 0.6 is 0 Å². The molecule has 0 aromatic rings. The van der Waals surface area contributed by atoms with Crippen LogP contribution in [0, 0.1) is 10.8 Å². The summed E-state index contributed by atoms with van der Waals surface area (Å²) in [5.74, 6) is 0. The zero-order chi connectivity index (χ0) is 32.3. The zero-order valence-corrected chi connectivity index (χ0v) is 30.8. The minimum absolute atomic E-state index is 0.169. The molecule has 6 heteroatoms. The molecule has 6 aliphatic heterocycles. The van der Waals surface area contributed by atoms with Gasteiger partial charge < -0.3 is 31.9 Å². The molecule has 0 bridgehead atoms. The fourth-order valence-corrected chi connectivity index (χ4v) is 11.4. The second kappa shape index (κ2) is 15.6. The van der Waals surface area contributed by atoms with Crippen LogP contribution in [0.4, 0.5) is 0 Å². The van der Waals surface area contributed by atoms with Crippen LogP contribution in [0.15, 0.2) is 12.2 Å². The molecule has 0 aromatic heterocycles. The molecule has 0 radical (unpaired) electrons. The number of hydrogen-bond donors (Lipinski definition) is 6. The first-order valence-electron chi connectivity index (χ1n) is 20.4. The van der Waals surface area contributed by atoms with Crippen LogP contribution in [0.5, 0.6) is 0 Å². The molecule has 5 saturated heterocycles. The molecule has 0 aliphatic carbocycles. The Morgan fingerprint density at radius 3 is 1.30 bits per heavy atom. The van der Waals surface area contributed by atoms with Gasteiger partial charge in [0.25, 0.3) is 0 Å². The minimum Gasteiger partial charge on any atom is -0.311 e. The molecule has 6 N–H and O–H groups in total. The van der Waals surface area contributed by atoms with Gasteiger partial charge in [-0.3, -0.25) is 0 Å². The summed E-state index contributed by atoms with van der Waals surface area (Å²) in [7, 11) is 0. The smallest absolute Gasteiger partial charge is 0.0336 e. The van der Waals surface area contributed by atoms with Crippen molar-refractivity contribution in [2.45, 2.75) is 230 Å². The molecule has 6 nitrogen and oxygen atoms in total. The van der Waals surface area contributed by atoms with E-state index in [0.29, 0.717) is 72.5 Å². The third kappa shape index (κ3) is 7.78. The van der Waals surface area contributed by atoms with Crippen molar-refractivity contribution in [1.82, 2.24) is 31.9 Å². The van der Waals surface area contributed by atoms with Crippen LogP contribution in [0.1, 0.15) is 157 Å². The number of piperidine rings is 5. The molecule has 0 spiro atoms. The van der Waals surface area contributed by atoms with Gasteiger partial charge in [-0.25, -0.2) is 0 Å². The van der Waals surface area contributed by atoms with Gasteiger partial charge in [-0.15, -0.1) is 0 Å². The Bertz CT molecular complexity index is 939. The molecule has 46 heavy (non-hydrogen) atoms. The fourth-order valence-electron chi connectivity index (χ4n) is 11.4. The van der Waals surface area contributed by atoms with E-state index in [1.54, 1.807) is 0 Å². The summed E-state index contributed by atoms with van der Waals surface area (Å²) in [6.45, 7) is 14.9. The van der Waals surface area contributed by atoms with E-state index >= 15 is 0 Å². The predicted molar refractivity (Wildman–Crippen MR) is 195 cm³/mol. The van der Waals surface area contributed by atoms with Crippen molar-refractivity contribution in [2.75, 3.05) is 0 Å². The first-order chi connectivity index (χ1) is 22.2. The average Bonchev–Trinajstić information content (AvgIpc) is 3.07. The van der Waals surface area contributed by atoms with Gasteiger partial charge >= 0.3 is 0 Å². The normalized spacial score (nSPS) is 45.4. The van der Waals surface area contributed by atoms with Gasteiger partial charge in [-0.1, -0.05) is 58.1 Å². The number of rotatable bonds is 9. The van der Waals surface area contributed by atoms with Crippen LogP contribution < -0.4 is 31.9 Å². The van der Waals surface area contributed by atoms with E-state index in [-0.39, 0.29) is 10.8 Å². The van der Waals surface area contributed by atoms with Crippen molar-refractivity contribution < 1.29 is 0 Å². The standard InChI is InChI=1S/C40H74N6/c1-27-13-7-19-33(41-27)39(5,34-20-8-14-28(2)42-34)37-23-11-17-31(45-37)25-26-32-18-12-24-38(46-32)40(6,35-21-9-15-29(3)43-35)36-22-10-16-30(4)44-36/h11,23,27-38,41-46H,7-10,12-22,24-26H2,1-6H3. The van der Waals surface area contributed by atoms with Gasteiger partial charge in [0.15, 0.2) is 0 Å². The average molecular weight is 639 g/mol. The lowest BCUT2D eigenvalue weighted by atomic mass is 9.63. The second-order valence-corrected chi connectivity index (χ2v) is 17.9. The third-order valence-corrected chi connectivity index (χ3v) is 14.4. The highest BCUT2D eigenvalue weighted by Crippen LogP contribution is 2.44. The molecule has 12 unspecified atom stereocenters. The Labute approximate surface area is 284 Å². The largest absolute Gasteiger partial charge is 0.311 e. The van der Waals surface area contributed by atoms with Crippen LogP contribution in [-0.4, -0.2) is 72.5 Å². The molecule has 0 saturated carbocycles. The van der Waals surface area contributed by atoms with E-state index in [1.807, 2.05) is 0 Å². The van der Waals surface area contributed by atoms with Crippen molar-refractivity contribution >= 4 is 0 Å². The Morgan fingerprint density at radius 2 is 0.848 bits per heavy atom. The number of nitrogens with one attached hydrogen (secondary N) is 6. The quantitative estimate of drug-likeness (QED) is 0.158. The predicted octanol–water partition coefficient (Wildman–Crippen LogP) is 6.70. The zero-order valence-electron chi connectivity index (χ0n) is 30.8. The minimum atomic E-state index is 0.169. The van der Waals surface area contributed by atoms with Gasteiger partial charge in [0.2, 0.25) is 0 Å². The summed E-state index contributed by atoms with van der Waals surface area (Å²) in [6.07, 6.45) is 28.9. The van der Waals surface area contributed by atoms with Crippen LogP contribution in [0.3, 0.4) is 0 Å². The summed E-state index contributed by atoms with van der Waals surface area (Å²) >= 11 is 0. The Balaban J connectivity index is 1.12. The topological polar surface area (TPSA) is 72.2 Å². The van der Waals surface area contributed by atoms with Crippen molar-refractivity contribution in [3.63, 3.8) is 0 Å². The summed E-state index contributed by atoms with van der Waals surface area (Å²) < 4.78 is 0. The molecule has 6 aliphatic rings. The van der Waals surface area contributed by atoms with E-state index in [4.69, 9.17) is 0 Å². The van der Waals surface area contributed by atoms with E-state index in [9.17, 15) is 0 Å². The maximum Gasteiger partial charge on any atom is 0.0336 e. The highest BCUT2D eigenvalue weighted by Gasteiger charge is 2.51. The molecule has 12 atom stereocenters. The highest BCUT2D eigenvalue weighted by atomic mass is 15.1. The molecule has 6 heterocycles. The SMILES string of the molecule is CC1CCCC(C(C)(C2C=CCC(CCC3CCCC(C(C)(C4CCCC(C)N4)C4CCCC(C)N4)N3)N2)C2CCCC(C)N2)N1. The van der Waals surface area contributed by atoms with E-state index < -0.39 is 0 Å². The lowest BCUT2D eigenvalue weighted by Gasteiger charge is -2.55. The molecule has 6 rings (SSSR count). The Hall–Kier alpha value is -0.500. The highest BCUT2D eigenvalue weighted by molar-refractivity contribution is 5.16. The molecule has 264 valence electrons. The molecule has 5 fully saturated rings. The molecular formula is C40H74N6. The van der Waals surface area contributed by atoms with Crippen LogP contribution in [-0.2, 0) is 0 Å². The van der Waals surface area contributed by atoms with Gasteiger partial charge in [0.1, 0.15) is 0 Å². The van der Waals surface area contributed by atoms with E-state index in [2.05, 4.69) is 85.6 Å². The van der Waals surface area contributed by atoms with Crippen molar-refractivity contribution in [3.05, 3.63) is 12.2 Å². The van der Waals surface area contributed by atoms with E-state index in [1.165, 1.54) is 116 Å². The number of hydrogen-bond acceptors (Lipinski definition) is 6.